The second kappa shape index (κ2) is 22.2. The summed E-state index contributed by atoms with van der Waals surface area (Å²) in [4.78, 5) is 0. The summed E-state index contributed by atoms with van der Waals surface area (Å²) in [5.41, 5.74) is 3.79. The van der Waals surface area contributed by atoms with Crippen LogP contribution in [0.25, 0.3) is 0 Å². The molecule has 0 spiro atoms. The first kappa shape index (κ1) is 46.3. The summed E-state index contributed by atoms with van der Waals surface area (Å²) < 4.78 is 47.6. The molecule has 1 N–H and O–H groups in total. The van der Waals surface area contributed by atoms with Crippen LogP contribution in [0, 0.1) is 0 Å². The summed E-state index contributed by atoms with van der Waals surface area (Å²) in [7, 11) is -2.27. The molecule has 0 radical (unpaired) electrons. The molecule has 0 aromatic heterocycles. The zero-order valence-electron chi connectivity index (χ0n) is 36.9. The standard InChI is InChI=1S/C51H70O8Si/c1-50(2,3)60(5,6)59-47-33-45(55-36-41-24-15-9-16-25-41)48(38-54-35-40-22-13-8-14-23-40)57-46(47)32-44-43(52)28-29-49(56-37-42-26-17-10-18-27-42)51(4,58-44)30-19-31-53-34-39-20-11-7-12-21-39/h7-18,20-27,43-49,52H,19,28-38H2,1-6H3/t43-,44+,45+,46+,47-,48-,49-,51+/m1/s1. The maximum Gasteiger partial charge on any atom is 0.192 e. The Labute approximate surface area is 361 Å². The monoisotopic (exact) mass is 838 g/mol. The summed E-state index contributed by atoms with van der Waals surface area (Å²) in [6.07, 6.45) is 1.16. The van der Waals surface area contributed by atoms with E-state index in [9.17, 15) is 5.11 Å². The fourth-order valence-electron chi connectivity index (χ4n) is 8.07. The van der Waals surface area contributed by atoms with E-state index < -0.39 is 26.1 Å². The third-order valence-corrected chi connectivity index (χ3v) is 17.2. The highest BCUT2D eigenvalue weighted by molar-refractivity contribution is 6.74. The summed E-state index contributed by atoms with van der Waals surface area (Å²) in [6.45, 7) is 16.5. The van der Waals surface area contributed by atoms with Gasteiger partial charge in [-0.25, -0.2) is 0 Å². The van der Waals surface area contributed by atoms with Crippen LogP contribution in [-0.4, -0.2) is 75.0 Å². The molecule has 2 aliphatic heterocycles. The third-order valence-electron chi connectivity index (χ3n) is 12.7. The SMILES string of the molecule is CC(C)(C)[Si](C)(C)O[C@@H]1C[C@H](OCc2ccccc2)[C@@H](COCc2ccccc2)O[C@H]1C[C@@H]1O[C@@](C)(CCCOCc2ccccc2)[C@H](OCc2ccccc2)CC[C@H]1O. The first-order valence-corrected chi connectivity index (χ1v) is 25.0. The highest BCUT2D eigenvalue weighted by atomic mass is 28.4. The van der Waals surface area contributed by atoms with Gasteiger partial charge in [0.05, 0.1) is 75.3 Å². The van der Waals surface area contributed by atoms with Gasteiger partial charge in [0, 0.05) is 19.4 Å². The maximum atomic E-state index is 12.0. The molecule has 2 fully saturated rings. The lowest BCUT2D eigenvalue weighted by molar-refractivity contribution is -0.223. The predicted octanol–water partition coefficient (Wildman–Crippen LogP) is 10.6. The van der Waals surface area contributed by atoms with Crippen LogP contribution in [-0.2, 0) is 59.3 Å². The van der Waals surface area contributed by atoms with Crippen LogP contribution < -0.4 is 0 Å². The lowest BCUT2D eigenvalue weighted by Crippen LogP contribution is -2.57. The van der Waals surface area contributed by atoms with Crippen LogP contribution in [0.1, 0.15) is 88.5 Å². The van der Waals surface area contributed by atoms with E-state index in [2.05, 4.69) is 89.3 Å². The molecule has 0 bridgehead atoms. The van der Waals surface area contributed by atoms with Crippen LogP contribution >= 0.6 is 0 Å². The maximum absolute atomic E-state index is 12.0. The number of hydrogen-bond acceptors (Lipinski definition) is 8. The molecule has 4 aromatic carbocycles. The van der Waals surface area contributed by atoms with Crippen molar-refractivity contribution in [1.29, 1.82) is 0 Å². The molecule has 4 aromatic rings. The molecular formula is C51H70O8Si. The molecule has 9 heteroatoms. The number of rotatable bonds is 20. The first-order chi connectivity index (χ1) is 28.9. The van der Waals surface area contributed by atoms with Gasteiger partial charge in [-0.15, -0.1) is 0 Å². The molecular weight excluding hydrogens is 769 g/mol. The van der Waals surface area contributed by atoms with Gasteiger partial charge in [0.2, 0.25) is 0 Å². The van der Waals surface area contributed by atoms with Crippen LogP contribution in [0.5, 0.6) is 0 Å². The minimum Gasteiger partial charge on any atom is -0.411 e. The fourth-order valence-corrected chi connectivity index (χ4v) is 9.43. The average molecular weight is 839 g/mol. The Kier molecular flexibility index (Phi) is 17.1. The van der Waals surface area contributed by atoms with Crippen molar-refractivity contribution in [2.24, 2.45) is 0 Å². The van der Waals surface area contributed by atoms with Gasteiger partial charge in [0.15, 0.2) is 8.32 Å². The number of aliphatic hydroxyl groups is 1. The number of hydrogen-bond donors (Lipinski definition) is 1. The van der Waals surface area contributed by atoms with Crippen molar-refractivity contribution < 1.29 is 38.0 Å². The zero-order chi connectivity index (χ0) is 42.4. The Balaban J connectivity index is 1.22. The fraction of sp³-hybridized carbons (Fsp3) is 0.529. The molecule has 0 unspecified atom stereocenters. The van der Waals surface area contributed by atoms with Gasteiger partial charge in [-0.3, -0.25) is 0 Å². The third kappa shape index (κ3) is 13.6. The van der Waals surface area contributed by atoms with E-state index in [4.69, 9.17) is 32.8 Å². The number of benzene rings is 4. The lowest BCUT2D eigenvalue weighted by Gasteiger charge is -2.47. The first-order valence-electron chi connectivity index (χ1n) is 22.1. The normalized spacial score (nSPS) is 26.4. The molecule has 326 valence electrons. The van der Waals surface area contributed by atoms with E-state index in [0.29, 0.717) is 71.7 Å². The Morgan fingerprint density at radius 3 is 1.72 bits per heavy atom. The largest absolute Gasteiger partial charge is 0.411 e. The van der Waals surface area contributed by atoms with Crippen LogP contribution in [0.3, 0.4) is 0 Å². The molecule has 8 atom stereocenters. The summed E-state index contributed by atoms with van der Waals surface area (Å²) in [5, 5.41) is 11.9. The molecule has 60 heavy (non-hydrogen) atoms. The van der Waals surface area contributed by atoms with E-state index in [0.717, 1.165) is 28.7 Å². The molecule has 2 saturated heterocycles. The van der Waals surface area contributed by atoms with Crippen molar-refractivity contribution in [3.8, 4) is 0 Å². The van der Waals surface area contributed by atoms with Crippen molar-refractivity contribution in [1.82, 2.24) is 0 Å². The molecule has 8 nitrogen and oxygen atoms in total. The van der Waals surface area contributed by atoms with Crippen molar-refractivity contribution in [2.75, 3.05) is 13.2 Å². The van der Waals surface area contributed by atoms with Gasteiger partial charge >= 0.3 is 0 Å². The van der Waals surface area contributed by atoms with Crippen LogP contribution in [0.15, 0.2) is 121 Å². The zero-order valence-corrected chi connectivity index (χ0v) is 37.9. The lowest BCUT2D eigenvalue weighted by atomic mass is 9.90. The van der Waals surface area contributed by atoms with Crippen molar-refractivity contribution in [3.63, 3.8) is 0 Å². The summed E-state index contributed by atoms with van der Waals surface area (Å²) in [6, 6.07) is 41.0. The molecule has 0 aliphatic carbocycles. The Hall–Kier alpha value is -3.22. The molecule has 0 saturated carbocycles. The summed E-state index contributed by atoms with van der Waals surface area (Å²) in [5.74, 6) is 0. The molecule has 6 rings (SSSR count). The number of aliphatic hydroxyl groups excluding tert-OH is 1. The van der Waals surface area contributed by atoms with Crippen molar-refractivity contribution >= 4 is 8.32 Å². The van der Waals surface area contributed by atoms with Gasteiger partial charge in [-0.05, 0) is 73.0 Å². The number of ether oxygens (including phenoxy) is 6. The second-order valence-electron chi connectivity index (χ2n) is 18.5. The van der Waals surface area contributed by atoms with Crippen molar-refractivity contribution in [2.45, 2.75) is 159 Å². The Bertz CT molecular complexity index is 1790. The average Bonchev–Trinajstić information content (AvgIpc) is 3.35. The van der Waals surface area contributed by atoms with E-state index in [1.807, 2.05) is 72.8 Å². The predicted molar refractivity (Wildman–Crippen MR) is 240 cm³/mol. The highest BCUT2D eigenvalue weighted by Crippen LogP contribution is 2.42. The minimum atomic E-state index is -2.27. The second-order valence-corrected chi connectivity index (χ2v) is 23.2. The highest BCUT2D eigenvalue weighted by Gasteiger charge is 2.49. The molecule has 0 amide bonds. The smallest absolute Gasteiger partial charge is 0.192 e. The van der Waals surface area contributed by atoms with E-state index in [1.165, 1.54) is 0 Å². The topological polar surface area (TPSA) is 84.8 Å². The van der Waals surface area contributed by atoms with Crippen LogP contribution in [0.2, 0.25) is 18.1 Å². The van der Waals surface area contributed by atoms with Gasteiger partial charge in [-0.2, -0.15) is 0 Å². The van der Waals surface area contributed by atoms with Gasteiger partial charge in [0.25, 0.3) is 0 Å². The van der Waals surface area contributed by atoms with Gasteiger partial charge in [-0.1, -0.05) is 142 Å². The van der Waals surface area contributed by atoms with E-state index in [-0.39, 0.29) is 35.6 Å². The van der Waals surface area contributed by atoms with E-state index >= 15 is 0 Å². The van der Waals surface area contributed by atoms with E-state index in [1.54, 1.807) is 0 Å². The van der Waals surface area contributed by atoms with Crippen LogP contribution in [0.4, 0.5) is 0 Å². The summed E-state index contributed by atoms with van der Waals surface area (Å²) >= 11 is 0. The molecule has 2 heterocycles. The van der Waals surface area contributed by atoms with Gasteiger partial charge in [0.1, 0.15) is 6.10 Å². The minimum absolute atomic E-state index is 0.0175. The Morgan fingerprint density at radius 2 is 1.17 bits per heavy atom. The quantitative estimate of drug-likeness (QED) is 0.0696. The Morgan fingerprint density at radius 1 is 0.650 bits per heavy atom. The van der Waals surface area contributed by atoms with Crippen molar-refractivity contribution in [3.05, 3.63) is 144 Å². The molecule has 2 aliphatic rings. The van der Waals surface area contributed by atoms with Gasteiger partial charge < -0.3 is 38.0 Å².